The van der Waals surface area contributed by atoms with E-state index in [9.17, 15) is 13.2 Å². The minimum atomic E-state index is -3.78. The summed E-state index contributed by atoms with van der Waals surface area (Å²) in [4.78, 5) is 11.6. The molecular weight excluding hydrogens is 288 g/mol. The summed E-state index contributed by atoms with van der Waals surface area (Å²) in [6, 6.07) is 16.0. The first kappa shape index (κ1) is 15.2. The Hall–Kier alpha value is -2.18. The van der Waals surface area contributed by atoms with Crippen LogP contribution in [0.4, 0.5) is 0 Å². The van der Waals surface area contributed by atoms with Gasteiger partial charge in [0, 0.05) is 0 Å². The number of carbonyl (C=O) groups is 1. The van der Waals surface area contributed by atoms with Crippen LogP contribution in [0.2, 0.25) is 0 Å². The first-order valence-electron chi connectivity index (χ1n) is 6.39. The number of rotatable bonds is 6. The molecule has 0 fully saturated rings. The highest BCUT2D eigenvalue weighted by molar-refractivity contribution is 7.89. The Balaban J connectivity index is 2.19. The molecule has 0 aliphatic carbocycles. The predicted octanol–water partition coefficient (Wildman–Crippen LogP) is 1.06. The van der Waals surface area contributed by atoms with Gasteiger partial charge in [-0.05, 0) is 24.1 Å². The van der Waals surface area contributed by atoms with Crippen molar-refractivity contribution in [1.82, 2.24) is 4.72 Å². The highest BCUT2D eigenvalue weighted by atomic mass is 32.2. The van der Waals surface area contributed by atoms with Crippen LogP contribution in [-0.4, -0.2) is 20.4 Å². The summed E-state index contributed by atoms with van der Waals surface area (Å²) in [6.07, 6.45) is 0.211. The average molecular weight is 304 g/mol. The van der Waals surface area contributed by atoms with Crippen molar-refractivity contribution in [2.75, 3.05) is 0 Å². The lowest BCUT2D eigenvalue weighted by atomic mass is 10.1. The summed E-state index contributed by atoms with van der Waals surface area (Å²) in [5.41, 5.74) is 6.13. The molecule has 3 N–H and O–H groups in total. The number of primary amides is 1. The molecule has 0 saturated carbocycles. The Morgan fingerprint density at radius 1 is 1.00 bits per heavy atom. The molecule has 5 nitrogen and oxygen atoms in total. The number of hydrogen-bond donors (Lipinski definition) is 2. The minimum Gasteiger partial charge on any atom is -0.368 e. The van der Waals surface area contributed by atoms with Crippen molar-refractivity contribution in [2.45, 2.75) is 17.4 Å². The fourth-order valence-corrected chi connectivity index (χ4v) is 3.13. The molecule has 2 aromatic rings. The highest BCUT2D eigenvalue weighted by Crippen LogP contribution is 2.10. The molecule has 2 aromatic carbocycles. The Labute approximate surface area is 123 Å². The van der Waals surface area contributed by atoms with Crippen LogP contribution in [0.15, 0.2) is 65.6 Å². The SMILES string of the molecule is NC(=O)[C@@H](Cc1ccccc1)NS(=O)(=O)c1ccccc1. The number of carbonyl (C=O) groups excluding carboxylic acids is 1. The molecule has 0 aromatic heterocycles. The lowest BCUT2D eigenvalue weighted by Crippen LogP contribution is -2.45. The zero-order valence-electron chi connectivity index (χ0n) is 11.3. The Morgan fingerprint density at radius 3 is 2.05 bits per heavy atom. The molecule has 1 atom stereocenters. The Kier molecular flexibility index (Phi) is 4.72. The van der Waals surface area contributed by atoms with Crippen LogP contribution >= 0.6 is 0 Å². The van der Waals surface area contributed by atoms with Gasteiger partial charge in [-0.1, -0.05) is 48.5 Å². The van der Waals surface area contributed by atoms with Gasteiger partial charge in [-0.25, -0.2) is 8.42 Å². The summed E-state index contributed by atoms with van der Waals surface area (Å²) in [5, 5.41) is 0. The third kappa shape index (κ3) is 4.14. The Morgan fingerprint density at radius 2 is 1.52 bits per heavy atom. The summed E-state index contributed by atoms with van der Waals surface area (Å²) in [5.74, 6) is -0.710. The minimum absolute atomic E-state index is 0.101. The van der Waals surface area contributed by atoms with Crippen LogP contribution in [-0.2, 0) is 21.2 Å². The molecule has 0 saturated heterocycles. The molecule has 110 valence electrons. The first-order chi connectivity index (χ1) is 9.99. The van der Waals surface area contributed by atoms with E-state index >= 15 is 0 Å². The van der Waals surface area contributed by atoms with Crippen molar-refractivity contribution in [3.63, 3.8) is 0 Å². The molecule has 2 rings (SSSR count). The highest BCUT2D eigenvalue weighted by Gasteiger charge is 2.24. The Bertz CT molecular complexity index is 700. The zero-order valence-corrected chi connectivity index (χ0v) is 12.1. The van der Waals surface area contributed by atoms with Gasteiger partial charge >= 0.3 is 0 Å². The van der Waals surface area contributed by atoms with E-state index in [0.717, 1.165) is 5.56 Å². The average Bonchev–Trinajstić information content (AvgIpc) is 2.48. The first-order valence-corrected chi connectivity index (χ1v) is 7.88. The molecule has 0 spiro atoms. The fraction of sp³-hybridized carbons (Fsp3) is 0.133. The quantitative estimate of drug-likeness (QED) is 0.836. The molecule has 0 unspecified atom stereocenters. The van der Waals surface area contributed by atoms with Gasteiger partial charge in [0.15, 0.2) is 0 Å². The normalized spacial score (nSPS) is 12.8. The van der Waals surface area contributed by atoms with E-state index in [1.54, 1.807) is 18.2 Å². The summed E-state index contributed by atoms with van der Waals surface area (Å²) < 4.78 is 26.8. The van der Waals surface area contributed by atoms with Gasteiger partial charge in [-0.15, -0.1) is 0 Å². The van der Waals surface area contributed by atoms with Gasteiger partial charge in [-0.3, -0.25) is 4.79 Å². The van der Waals surface area contributed by atoms with Crippen LogP contribution in [0.25, 0.3) is 0 Å². The summed E-state index contributed by atoms with van der Waals surface area (Å²) in [6.45, 7) is 0. The second-order valence-corrected chi connectivity index (χ2v) is 6.29. The van der Waals surface area contributed by atoms with Crippen LogP contribution in [0, 0.1) is 0 Å². The smallest absolute Gasteiger partial charge is 0.241 e. The number of benzene rings is 2. The second-order valence-electron chi connectivity index (χ2n) is 4.58. The van der Waals surface area contributed by atoms with Crippen LogP contribution in [0.5, 0.6) is 0 Å². The fourth-order valence-electron chi connectivity index (χ4n) is 1.91. The maximum atomic E-state index is 12.2. The van der Waals surface area contributed by atoms with Gasteiger partial charge in [0.25, 0.3) is 0 Å². The van der Waals surface area contributed by atoms with Crippen LogP contribution in [0.3, 0.4) is 0 Å². The van der Waals surface area contributed by atoms with E-state index in [1.807, 2.05) is 30.3 Å². The monoisotopic (exact) mass is 304 g/mol. The van der Waals surface area contributed by atoms with Crippen molar-refractivity contribution in [2.24, 2.45) is 5.73 Å². The standard InChI is InChI=1S/C15H16N2O3S/c16-15(18)14(11-12-7-3-1-4-8-12)17-21(19,20)13-9-5-2-6-10-13/h1-10,14,17H,11H2,(H2,16,18)/t14-/m1/s1. The third-order valence-corrected chi connectivity index (χ3v) is 4.46. The largest absolute Gasteiger partial charge is 0.368 e. The maximum absolute atomic E-state index is 12.2. The molecule has 21 heavy (non-hydrogen) atoms. The van der Waals surface area contributed by atoms with E-state index in [1.165, 1.54) is 12.1 Å². The van der Waals surface area contributed by atoms with Gasteiger partial charge in [0.05, 0.1) is 4.90 Å². The number of nitrogens with one attached hydrogen (secondary N) is 1. The molecule has 6 heteroatoms. The number of sulfonamides is 1. The lowest BCUT2D eigenvalue weighted by Gasteiger charge is -2.15. The number of nitrogens with two attached hydrogens (primary N) is 1. The van der Waals surface area contributed by atoms with Crippen molar-refractivity contribution in [1.29, 1.82) is 0 Å². The molecule has 0 heterocycles. The van der Waals surface area contributed by atoms with E-state index in [-0.39, 0.29) is 11.3 Å². The molecule has 0 bridgehead atoms. The van der Waals surface area contributed by atoms with Crippen molar-refractivity contribution in [3.05, 3.63) is 66.2 Å². The molecule has 1 amide bonds. The van der Waals surface area contributed by atoms with Crippen molar-refractivity contribution >= 4 is 15.9 Å². The number of amides is 1. The van der Waals surface area contributed by atoms with Gasteiger partial charge in [0.1, 0.15) is 6.04 Å². The van der Waals surface area contributed by atoms with E-state index in [2.05, 4.69) is 4.72 Å². The molecule has 0 aliphatic heterocycles. The zero-order chi connectivity index (χ0) is 15.3. The van der Waals surface area contributed by atoms with E-state index in [0.29, 0.717) is 0 Å². The summed E-state index contributed by atoms with van der Waals surface area (Å²) in [7, 11) is -3.78. The lowest BCUT2D eigenvalue weighted by molar-refractivity contribution is -0.119. The van der Waals surface area contributed by atoms with Gasteiger partial charge in [-0.2, -0.15) is 4.72 Å². The summed E-state index contributed by atoms with van der Waals surface area (Å²) >= 11 is 0. The van der Waals surface area contributed by atoms with Crippen LogP contribution in [0.1, 0.15) is 5.56 Å². The molecule has 0 aliphatic rings. The van der Waals surface area contributed by atoms with Crippen LogP contribution < -0.4 is 10.5 Å². The third-order valence-electron chi connectivity index (χ3n) is 2.98. The number of hydrogen-bond acceptors (Lipinski definition) is 3. The van der Waals surface area contributed by atoms with E-state index in [4.69, 9.17) is 5.73 Å². The molecular formula is C15H16N2O3S. The topological polar surface area (TPSA) is 89.3 Å². The maximum Gasteiger partial charge on any atom is 0.241 e. The van der Waals surface area contributed by atoms with E-state index < -0.39 is 22.0 Å². The molecule has 0 radical (unpaired) electrons. The van der Waals surface area contributed by atoms with Crippen molar-refractivity contribution in [3.8, 4) is 0 Å². The van der Waals surface area contributed by atoms with Crippen molar-refractivity contribution < 1.29 is 13.2 Å². The predicted molar refractivity (Wildman–Crippen MR) is 79.9 cm³/mol. The van der Waals surface area contributed by atoms with Gasteiger partial charge < -0.3 is 5.73 Å². The van der Waals surface area contributed by atoms with Gasteiger partial charge in [0.2, 0.25) is 15.9 Å². The second kappa shape index (κ2) is 6.51.